The molecule has 8 heteroatoms. The van der Waals surface area contributed by atoms with Crippen molar-refractivity contribution in [2.75, 3.05) is 31.1 Å². The van der Waals surface area contributed by atoms with E-state index >= 15 is 0 Å². The number of hydrogen-bond acceptors (Lipinski definition) is 3. The van der Waals surface area contributed by atoms with E-state index in [-0.39, 0.29) is 24.2 Å². The van der Waals surface area contributed by atoms with Crippen molar-refractivity contribution < 1.29 is 18.0 Å². The number of anilines is 1. The highest BCUT2D eigenvalue weighted by Crippen LogP contribution is 2.34. The smallest absolute Gasteiger partial charge is 0.371 e. The van der Waals surface area contributed by atoms with E-state index in [0.717, 1.165) is 32.0 Å². The Hall–Kier alpha value is -1.47. The van der Waals surface area contributed by atoms with Crippen molar-refractivity contribution in [3.8, 4) is 0 Å². The van der Waals surface area contributed by atoms with Gasteiger partial charge in [-0.3, -0.25) is 4.79 Å². The lowest BCUT2D eigenvalue weighted by molar-refractivity contribution is -0.137. The van der Waals surface area contributed by atoms with Crippen LogP contribution in [0.5, 0.6) is 0 Å². The van der Waals surface area contributed by atoms with Crippen molar-refractivity contribution in [1.29, 1.82) is 0 Å². The molecule has 0 spiro atoms. The van der Waals surface area contributed by atoms with Crippen molar-refractivity contribution in [3.05, 3.63) is 29.8 Å². The molecule has 3 saturated heterocycles. The van der Waals surface area contributed by atoms with Crippen molar-refractivity contribution in [2.24, 2.45) is 5.92 Å². The monoisotopic (exact) mass is 389 g/mol. The molecule has 3 aliphatic rings. The minimum absolute atomic E-state index is 0. The number of amides is 1. The lowest BCUT2D eigenvalue weighted by Gasteiger charge is -2.27. The van der Waals surface area contributed by atoms with Crippen LogP contribution in [0, 0.1) is 5.92 Å². The molecular weight excluding hydrogens is 367 g/mol. The van der Waals surface area contributed by atoms with E-state index in [4.69, 9.17) is 0 Å². The summed E-state index contributed by atoms with van der Waals surface area (Å²) in [6.07, 6.45) is -1.64. The number of nitrogens with zero attached hydrogens (tertiary/aromatic N) is 2. The molecule has 1 aromatic rings. The molecule has 3 aliphatic heterocycles. The minimum Gasteiger partial charge on any atom is -0.371 e. The largest absolute Gasteiger partial charge is 0.416 e. The first kappa shape index (κ1) is 19.3. The Morgan fingerprint density at radius 2 is 1.96 bits per heavy atom. The summed E-state index contributed by atoms with van der Waals surface area (Å²) in [5.74, 6) is 0.0552. The van der Waals surface area contributed by atoms with Gasteiger partial charge in [0.1, 0.15) is 0 Å². The summed E-state index contributed by atoms with van der Waals surface area (Å²) in [5.41, 5.74) is -0.0915. The number of nitrogens with one attached hydrogen (secondary N) is 1. The molecule has 26 heavy (non-hydrogen) atoms. The number of carbonyl (C=O) groups excluding carboxylic acids is 1. The second-order valence-corrected chi connectivity index (χ2v) is 7.22. The maximum Gasteiger partial charge on any atom is 0.416 e. The van der Waals surface area contributed by atoms with E-state index in [2.05, 4.69) is 5.32 Å². The van der Waals surface area contributed by atoms with Crippen LogP contribution in [-0.4, -0.2) is 49.1 Å². The highest BCUT2D eigenvalue weighted by atomic mass is 35.5. The summed E-state index contributed by atoms with van der Waals surface area (Å²) in [7, 11) is 0. The number of rotatable bonds is 2. The van der Waals surface area contributed by atoms with E-state index in [9.17, 15) is 18.0 Å². The van der Waals surface area contributed by atoms with E-state index in [1.54, 1.807) is 6.07 Å². The van der Waals surface area contributed by atoms with Crippen LogP contribution >= 0.6 is 12.4 Å². The fourth-order valence-electron chi connectivity index (χ4n) is 4.45. The van der Waals surface area contributed by atoms with Crippen molar-refractivity contribution in [3.63, 3.8) is 0 Å². The molecule has 0 radical (unpaired) electrons. The van der Waals surface area contributed by atoms with Gasteiger partial charge in [-0.1, -0.05) is 6.07 Å². The van der Waals surface area contributed by atoms with E-state index < -0.39 is 11.7 Å². The molecule has 0 bridgehead atoms. The Balaban J connectivity index is 0.00000196. The van der Waals surface area contributed by atoms with Crippen LogP contribution in [0.2, 0.25) is 0 Å². The Morgan fingerprint density at radius 1 is 1.15 bits per heavy atom. The number of alkyl halides is 3. The number of likely N-dealkylation sites (tertiary alicyclic amines) is 1. The molecular formula is C18H23ClF3N3O. The summed E-state index contributed by atoms with van der Waals surface area (Å²) in [6, 6.07) is 6.11. The van der Waals surface area contributed by atoms with Gasteiger partial charge in [-0.15, -0.1) is 12.4 Å². The number of halogens is 4. The predicted octanol–water partition coefficient (Wildman–Crippen LogP) is 2.92. The topological polar surface area (TPSA) is 35.6 Å². The molecule has 3 unspecified atom stereocenters. The summed E-state index contributed by atoms with van der Waals surface area (Å²) in [5, 5.41) is 3.44. The molecule has 4 rings (SSSR count). The van der Waals surface area contributed by atoms with Gasteiger partial charge in [-0.05, 0) is 44.0 Å². The van der Waals surface area contributed by atoms with Crippen LogP contribution in [0.3, 0.4) is 0 Å². The molecule has 3 fully saturated rings. The van der Waals surface area contributed by atoms with E-state index in [0.29, 0.717) is 37.3 Å². The zero-order valence-corrected chi connectivity index (χ0v) is 15.2. The van der Waals surface area contributed by atoms with Gasteiger partial charge in [0.25, 0.3) is 0 Å². The van der Waals surface area contributed by atoms with E-state index in [1.807, 2.05) is 9.80 Å². The highest BCUT2D eigenvalue weighted by molar-refractivity contribution is 5.85. The Labute approximate surface area is 157 Å². The number of hydrogen-bond donors (Lipinski definition) is 1. The zero-order valence-electron chi connectivity index (χ0n) is 14.3. The molecule has 3 heterocycles. The summed E-state index contributed by atoms with van der Waals surface area (Å²) in [6.45, 7) is 2.88. The van der Waals surface area contributed by atoms with Gasteiger partial charge >= 0.3 is 6.18 Å². The third-order valence-corrected chi connectivity index (χ3v) is 5.75. The highest BCUT2D eigenvalue weighted by Gasteiger charge is 2.43. The number of benzene rings is 1. The van der Waals surface area contributed by atoms with Crippen molar-refractivity contribution >= 4 is 24.0 Å². The first-order valence-electron chi connectivity index (χ1n) is 8.89. The van der Waals surface area contributed by atoms with Gasteiger partial charge in [0.15, 0.2) is 0 Å². The lowest BCUT2D eigenvalue weighted by Crippen LogP contribution is -2.42. The molecule has 144 valence electrons. The number of carbonyl (C=O) groups is 1. The fourth-order valence-corrected chi connectivity index (χ4v) is 4.45. The van der Waals surface area contributed by atoms with Crippen LogP contribution in [0.1, 0.15) is 24.8 Å². The van der Waals surface area contributed by atoms with Crippen LogP contribution in [0.15, 0.2) is 24.3 Å². The zero-order chi connectivity index (χ0) is 17.6. The minimum atomic E-state index is -4.34. The average Bonchev–Trinajstić information content (AvgIpc) is 3.30. The average molecular weight is 390 g/mol. The first-order chi connectivity index (χ1) is 11.9. The van der Waals surface area contributed by atoms with Crippen LogP contribution in [0.4, 0.5) is 18.9 Å². The number of fused-ring (bicyclic) bond motifs is 1. The third-order valence-electron chi connectivity index (χ3n) is 5.75. The first-order valence-corrected chi connectivity index (χ1v) is 8.89. The van der Waals surface area contributed by atoms with Crippen molar-refractivity contribution in [1.82, 2.24) is 10.2 Å². The third kappa shape index (κ3) is 3.51. The second kappa shape index (κ2) is 7.27. The van der Waals surface area contributed by atoms with Gasteiger partial charge in [0.05, 0.1) is 11.5 Å². The normalized spacial score (nSPS) is 28.2. The summed E-state index contributed by atoms with van der Waals surface area (Å²) >= 11 is 0. The van der Waals surface area contributed by atoms with Crippen LogP contribution in [-0.2, 0) is 11.0 Å². The molecule has 4 nitrogen and oxygen atoms in total. The van der Waals surface area contributed by atoms with Crippen LogP contribution in [0.25, 0.3) is 0 Å². The van der Waals surface area contributed by atoms with Gasteiger partial charge < -0.3 is 15.1 Å². The maximum atomic E-state index is 12.9. The van der Waals surface area contributed by atoms with E-state index in [1.165, 1.54) is 12.1 Å². The van der Waals surface area contributed by atoms with Gasteiger partial charge in [0.2, 0.25) is 5.91 Å². The van der Waals surface area contributed by atoms with Gasteiger partial charge in [0, 0.05) is 37.4 Å². The second-order valence-electron chi connectivity index (χ2n) is 7.22. The SMILES string of the molecule is Cl.O=C(C1CCN(c2cccc(C(F)(F)F)c2)C1)N1CCC2NCCC21. The molecule has 0 aliphatic carbocycles. The molecule has 0 aromatic heterocycles. The van der Waals surface area contributed by atoms with Gasteiger partial charge in [-0.2, -0.15) is 13.2 Å². The standard InChI is InChI=1S/C18H22F3N3O.ClH/c19-18(20,21)13-2-1-3-14(10-13)23-8-5-12(11-23)17(25)24-9-6-15-16(24)4-7-22-15;/h1-3,10,12,15-16,22H,4-9,11H2;1H. The molecule has 1 N–H and O–H groups in total. The quantitative estimate of drug-likeness (QED) is 0.844. The van der Waals surface area contributed by atoms with Gasteiger partial charge in [-0.25, -0.2) is 0 Å². The summed E-state index contributed by atoms with van der Waals surface area (Å²) in [4.78, 5) is 16.8. The van der Waals surface area contributed by atoms with Crippen LogP contribution < -0.4 is 10.2 Å². The Bertz CT molecular complexity index is 669. The maximum absolute atomic E-state index is 12.9. The molecule has 1 amide bonds. The molecule has 0 saturated carbocycles. The Kier molecular flexibility index (Phi) is 5.40. The van der Waals surface area contributed by atoms with Crippen molar-refractivity contribution in [2.45, 2.75) is 37.5 Å². The molecule has 1 aromatic carbocycles. The lowest BCUT2D eigenvalue weighted by atomic mass is 10.1. The molecule has 3 atom stereocenters. The predicted molar refractivity (Wildman–Crippen MR) is 95.5 cm³/mol. The summed E-state index contributed by atoms with van der Waals surface area (Å²) < 4.78 is 38.7. The fraction of sp³-hybridized carbons (Fsp3) is 0.611. The Morgan fingerprint density at radius 3 is 2.73 bits per heavy atom.